The standard InChI is InChI=1S/C30H63N2O6P/c1-6-8-9-10-11-12-13-14-15-16-17-18-19-20-21-22-23-24-30(33)31-26-28(37-7-2)25-29(27-32(3,4)5)38-39(34,35)36/h28-29H,6-27H2,1-5H3,(H2-,31,33,34,35,36)/p+1. The first-order valence-corrected chi connectivity index (χ1v) is 17.4. The number of hydrogen-bond acceptors (Lipinski definition) is 4. The van der Waals surface area contributed by atoms with Gasteiger partial charge in [0.05, 0.1) is 27.2 Å². The first kappa shape index (κ1) is 38.5. The Balaban J connectivity index is 3.87. The van der Waals surface area contributed by atoms with Crippen molar-refractivity contribution in [1.82, 2.24) is 5.32 Å². The van der Waals surface area contributed by atoms with Crippen LogP contribution in [-0.2, 0) is 18.6 Å². The molecule has 0 radical (unpaired) electrons. The van der Waals surface area contributed by atoms with E-state index in [4.69, 9.17) is 9.26 Å². The highest BCUT2D eigenvalue weighted by atomic mass is 31.2. The molecule has 0 fully saturated rings. The number of carbonyl (C=O) groups excluding carboxylic acids is 1. The molecular formula is C30H64N2O6P+. The van der Waals surface area contributed by atoms with Crippen molar-refractivity contribution in [2.45, 2.75) is 148 Å². The average molecular weight is 580 g/mol. The minimum atomic E-state index is -4.62. The molecule has 0 aromatic rings. The number of hydrogen-bond donors (Lipinski definition) is 3. The van der Waals surface area contributed by atoms with Crippen LogP contribution >= 0.6 is 7.82 Å². The van der Waals surface area contributed by atoms with Gasteiger partial charge in [-0.2, -0.15) is 0 Å². The Morgan fingerprint density at radius 2 is 1.18 bits per heavy atom. The van der Waals surface area contributed by atoms with Crippen LogP contribution in [0.25, 0.3) is 0 Å². The van der Waals surface area contributed by atoms with Crippen LogP contribution in [0.4, 0.5) is 0 Å². The SMILES string of the molecule is CCCCCCCCCCCCCCCCCCCC(=O)NCC(CC(C[N+](C)(C)C)OP(=O)(O)O)OCC. The summed E-state index contributed by atoms with van der Waals surface area (Å²) in [5.74, 6) is -0.000258. The molecule has 2 atom stereocenters. The Bertz CT molecular complexity index is 623. The second kappa shape index (κ2) is 24.1. The number of phosphoric acid groups is 1. The molecule has 0 saturated heterocycles. The molecule has 0 aliphatic carbocycles. The van der Waals surface area contributed by atoms with Crippen LogP contribution < -0.4 is 5.32 Å². The van der Waals surface area contributed by atoms with E-state index >= 15 is 0 Å². The molecule has 0 aliphatic rings. The van der Waals surface area contributed by atoms with E-state index in [2.05, 4.69) is 12.2 Å². The van der Waals surface area contributed by atoms with Gasteiger partial charge in [0.1, 0.15) is 12.6 Å². The number of phosphoric ester groups is 1. The maximum atomic E-state index is 12.3. The van der Waals surface area contributed by atoms with Gasteiger partial charge in [-0.25, -0.2) is 4.57 Å². The monoisotopic (exact) mass is 579 g/mol. The number of quaternary nitrogens is 1. The zero-order chi connectivity index (χ0) is 29.4. The van der Waals surface area contributed by atoms with Crippen LogP contribution in [0.5, 0.6) is 0 Å². The summed E-state index contributed by atoms with van der Waals surface area (Å²) in [5.41, 5.74) is 0. The van der Waals surface area contributed by atoms with Gasteiger partial charge in [-0.15, -0.1) is 0 Å². The van der Waals surface area contributed by atoms with E-state index in [1.54, 1.807) is 0 Å². The fourth-order valence-electron chi connectivity index (χ4n) is 5.02. The summed E-state index contributed by atoms with van der Waals surface area (Å²) in [4.78, 5) is 30.9. The predicted molar refractivity (Wildman–Crippen MR) is 162 cm³/mol. The number of ether oxygens (including phenoxy) is 1. The maximum absolute atomic E-state index is 12.3. The Morgan fingerprint density at radius 1 is 0.744 bits per heavy atom. The zero-order valence-electron chi connectivity index (χ0n) is 26.1. The number of nitrogens with zero attached hydrogens (tertiary/aromatic N) is 1. The van der Waals surface area contributed by atoms with Crippen molar-refractivity contribution in [1.29, 1.82) is 0 Å². The Hall–Kier alpha value is -0.500. The molecule has 0 aromatic carbocycles. The summed E-state index contributed by atoms with van der Waals surface area (Å²) in [7, 11) is 1.19. The van der Waals surface area contributed by atoms with Crippen LogP contribution in [0, 0.1) is 0 Å². The molecule has 3 N–H and O–H groups in total. The van der Waals surface area contributed by atoms with Crippen LogP contribution in [-0.4, -0.2) is 73.2 Å². The van der Waals surface area contributed by atoms with Crippen molar-refractivity contribution in [3.63, 3.8) is 0 Å². The first-order valence-electron chi connectivity index (χ1n) is 15.9. The Kier molecular flexibility index (Phi) is 23.8. The first-order chi connectivity index (χ1) is 18.5. The summed E-state index contributed by atoms with van der Waals surface area (Å²) in [5, 5.41) is 2.93. The Morgan fingerprint density at radius 3 is 1.56 bits per heavy atom. The van der Waals surface area contributed by atoms with Crippen LogP contribution in [0.1, 0.15) is 136 Å². The molecule has 1 amide bonds. The zero-order valence-corrected chi connectivity index (χ0v) is 27.0. The van der Waals surface area contributed by atoms with Crippen molar-refractivity contribution in [2.75, 3.05) is 40.8 Å². The number of unbranched alkanes of at least 4 members (excludes halogenated alkanes) is 16. The van der Waals surface area contributed by atoms with Crippen molar-refractivity contribution in [3.05, 3.63) is 0 Å². The summed E-state index contributed by atoms with van der Waals surface area (Å²) in [6.45, 7) is 5.32. The number of likely N-dealkylation sites (N-methyl/N-ethyl adjacent to an activating group) is 1. The number of carbonyl (C=O) groups is 1. The average Bonchev–Trinajstić information content (AvgIpc) is 2.82. The third-order valence-corrected chi connectivity index (χ3v) is 7.57. The molecule has 0 bridgehead atoms. The third kappa shape index (κ3) is 28.8. The minimum absolute atomic E-state index is 0.000258. The minimum Gasteiger partial charge on any atom is -0.377 e. The molecule has 8 nitrogen and oxygen atoms in total. The van der Waals surface area contributed by atoms with E-state index in [-0.39, 0.29) is 12.0 Å². The van der Waals surface area contributed by atoms with E-state index < -0.39 is 13.9 Å². The van der Waals surface area contributed by atoms with Crippen molar-refractivity contribution >= 4 is 13.7 Å². The third-order valence-electron chi connectivity index (χ3n) is 7.00. The van der Waals surface area contributed by atoms with Gasteiger partial charge in [-0.05, 0) is 13.3 Å². The smallest absolute Gasteiger partial charge is 0.377 e. The highest BCUT2D eigenvalue weighted by Gasteiger charge is 2.30. The van der Waals surface area contributed by atoms with Gasteiger partial charge in [0.15, 0.2) is 0 Å². The van der Waals surface area contributed by atoms with Gasteiger partial charge < -0.3 is 24.3 Å². The second-order valence-corrected chi connectivity index (χ2v) is 13.4. The van der Waals surface area contributed by atoms with Gasteiger partial charge in [-0.3, -0.25) is 9.32 Å². The highest BCUT2D eigenvalue weighted by molar-refractivity contribution is 7.46. The van der Waals surface area contributed by atoms with E-state index in [0.29, 0.717) is 37.0 Å². The topological polar surface area (TPSA) is 105 Å². The van der Waals surface area contributed by atoms with E-state index in [1.807, 2.05) is 28.1 Å². The van der Waals surface area contributed by atoms with Crippen molar-refractivity contribution in [3.8, 4) is 0 Å². The fraction of sp³-hybridized carbons (Fsp3) is 0.967. The van der Waals surface area contributed by atoms with Gasteiger partial charge in [0.2, 0.25) is 5.91 Å². The molecule has 0 heterocycles. The number of amides is 1. The molecule has 9 heteroatoms. The van der Waals surface area contributed by atoms with Gasteiger partial charge >= 0.3 is 7.82 Å². The molecule has 0 spiro atoms. The highest BCUT2D eigenvalue weighted by Crippen LogP contribution is 2.39. The molecule has 0 saturated carbocycles. The quantitative estimate of drug-likeness (QED) is 0.0518. The van der Waals surface area contributed by atoms with Crippen LogP contribution in [0.15, 0.2) is 0 Å². The maximum Gasteiger partial charge on any atom is 0.470 e. The van der Waals surface area contributed by atoms with Crippen LogP contribution in [0.2, 0.25) is 0 Å². The summed E-state index contributed by atoms with van der Waals surface area (Å²) >= 11 is 0. The lowest BCUT2D eigenvalue weighted by Crippen LogP contribution is -2.45. The lowest BCUT2D eigenvalue weighted by Gasteiger charge is -2.31. The van der Waals surface area contributed by atoms with Gasteiger partial charge in [0, 0.05) is 26.0 Å². The van der Waals surface area contributed by atoms with Gasteiger partial charge in [0.25, 0.3) is 0 Å². The normalized spacial score (nSPS) is 13.9. The van der Waals surface area contributed by atoms with E-state index in [9.17, 15) is 19.1 Å². The molecule has 39 heavy (non-hydrogen) atoms. The van der Waals surface area contributed by atoms with Crippen molar-refractivity contribution < 1.29 is 32.9 Å². The van der Waals surface area contributed by atoms with Crippen LogP contribution in [0.3, 0.4) is 0 Å². The Labute approximate surface area is 240 Å². The molecular weight excluding hydrogens is 515 g/mol. The lowest BCUT2D eigenvalue weighted by atomic mass is 10.0. The number of nitrogens with one attached hydrogen (secondary N) is 1. The second-order valence-electron chi connectivity index (χ2n) is 12.2. The molecule has 0 aromatic heterocycles. The lowest BCUT2D eigenvalue weighted by molar-refractivity contribution is -0.873. The molecule has 234 valence electrons. The summed E-state index contributed by atoms with van der Waals surface area (Å²) < 4.78 is 22.7. The van der Waals surface area contributed by atoms with E-state index in [0.717, 1.165) is 12.8 Å². The molecule has 0 aliphatic heterocycles. The largest absolute Gasteiger partial charge is 0.470 e. The molecule has 0 rings (SSSR count). The summed E-state index contributed by atoms with van der Waals surface area (Å²) in [6.07, 6.45) is 22.1. The van der Waals surface area contributed by atoms with Crippen molar-refractivity contribution in [2.24, 2.45) is 0 Å². The number of rotatable bonds is 28. The summed E-state index contributed by atoms with van der Waals surface area (Å²) in [6, 6.07) is 0. The van der Waals surface area contributed by atoms with Gasteiger partial charge in [-0.1, -0.05) is 110 Å². The van der Waals surface area contributed by atoms with E-state index in [1.165, 1.54) is 96.3 Å². The predicted octanol–water partition coefficient (Wildman–Crippen LogP) is 7.12. The molecule has 2 unspecified atom stereocenters. The fourth-order valence-corrected chi connectivity index (χ4v) is 5.56.